The van der Waals surface area contributed by atoms with Crippen LogP contribution in [0.1, 0.15) is 60.9 Å². The standard InChI is InChI=1S/C23H23F2NO2/c1-22(2,3)14-13-15-9-11-16(12-10-15)20(27)23(4,5)26-21(28)19-17(24)7-6-8-18(19)25/h6-12H,1-5H3,(H,26,28). The summed E-state index contributed by atoms with van der Waals surface area (Å²) in [5.41, 5.74) is -1.08. The molecule has 0 bridgehead atoms. The lowest BCUT2D eigenvalue weighted by Crippen LogP contribution is -2.50. The van der Waals surface area contributed by atoms with Crippen LogP contribution in [-0.4, -0.2) is 17.2 Å². The van der Waals surface area contributed by atoms with Crippen molar-refractivity contribution in [2.75, 3.05) is 0 Å². The summed E-state index contributed by atoms with van der Waals surface area (Å²) >= 11 is 0. The van der Waals surface area contributed by atoms with Crippen LogP contribution in [-0.2, 0) is 0 Å². The first kappa shape index (κ1) is 21.3. The molecule has 0 unspecified atom stereocenters. The van der Waals surface area contributed by atoms with Gasteiger partial charge in [-0.2, -0.15) is 0 Å². The third-order valence-electron chi connectivity index (χ3n) is 3.91. The highest BCUT2D eigenvalue weighted by Crippen LogP contribution is 2.18. The minimum absolute atomic E-state index is 0.136. The minimum atomic E-state index is -1.36. The van der Waals surface area contributed by atoms with E-state index in [-0.39, 0.29) is 11.2 Å². The normalized spacial score (nSPS) is 11.4. The average molecular weight is 383 g/mol. The third-order valence-corrected chi connectivity index (χ3v) is 3.91. The summed E-state index contributed by atoms with van der Waals surface area (Å²) in [7, 11) is 0. The minimum Gasteiger partial charge on any atom is -0.340 e. The number of amides is 1. The summed E-state index contributed by atoms with van der Waals surface area (Å²) in [5, 5.41) is 2.42. The van der Waals surface area contributed by atoms with Gasteiger partial charge in [-0.15, -0.1) is 0 Å². The molecule has 2 aromatic rings. The van der Waals surface area contributed by atoms with Crippen LogP contribution in [0.15, 0.2) is 42.5 Å². The van der Waals surface area contributed by atoms with Crippen LogP contribution in [0.3, 0.4) is 0 Å². The van der Waals surface area contributed by atoms with Gasteiger partial charge in [-0.05, 0) is 58.9 Å². The van der Waals surface area contributed by atoms with Crippen molar-refractivity contribution in [2.24, 2.45) is 5.41 Å². The summed E-state index contributed by atoms with van der Waals surface area (Å²) in [4.78, 5) is 25.1. The Labute approximate surface area is 164 Å². The molecule has 0 aliphatic heterocycles. The number of halogens is 2. The van der Waals surface area contributed by atoms with Gasteiger partial charge in [0.05, 0.1) is 5.54 Å². The number of hydrogen-bond acceptors (Lipinski definition) is 2. The predicted octanol–water partition coefficient (Wildman–Crippen LogP) is 4.75. The van der Waals surface area contributed by atoms with E-state index in [1.165, 1.54) is 19.9 Å². The van der Waals surface area contributed by atoms with Crippen molar-refractivity contribution in [2.45, 2.75) is 40.2 Å². The van der Waals surface area contributed by atoms with Crippen LogP contribution in [0.2, 0.25) is 0 Å². The molecule has 0 aliphatic carbocycles. The Morgan fingerprint density at radius 1 is 0.893 bits per heavy atom. The molecule has 0 aliphatic rings. The molecule has 0 saturated heterocycles. The lowest BCUT2D eigenvalue weighted by atomic mass is 9.92. The maximum Gasteiger partial charge on any atom is 0.258 e. The number of ketones is 1. The van der Waals surface area contributed by atoms with Crippen LogP contribution in [0, 0.1) is 28.9 Å². The fourth-order valence-corrected chi connectivity index (χ4v) is 2.44. The van der Waals surface area contributed by atoms with Crippen LogP contribution < -0.4 is 5.32 Å². The third kappa shape index (κ3) is 5.26. The quantitative estimate of drug-likeness (QED) is 0.612. The van der Waals surface area contributed by atoms with E-state index in [9.17, 15) is 18.4 Å². The molecule has 146 valence electrons. The monoisotopic (exact) mass is 383 g/mol. The zero-order chi connectivity index (χ0) is 21.1. The van der Waals surface area contributed by atoms with E-state index in [1.807, 2.05) is 20.8 Å². The van der Waals surface area contributed by atoms with E-state index in [4.69, 9.17) is 0 Å². The molecule has 0 saturated carbocycles. The number of Topliss-reactive ketones (excluding diaryl/α,β-unsaturated/α-hetero) is 1. The van der Waals surface area contributed by atoms with Crippen molar-refractivity contribution in [3.63, 3.8) is 0 Å². The molecule has 1 amide bonds. The second kappa shape index (κ2) is 7.93. The molecule has 0 aromatic heterocycles. The van der Waals surface area contributed by atoms with Gasteiger partial charge in [-0.3, -0.25) is 9.59 Å². The summed E-state index contributed by atoms with van der Waals surface area (Å²) in [6.07, 6.45) is 0. The van der Waals surface area contributed by atoms with Crippen molar-refractivity contribution >= 4 is 11.7 Å². The molecule has 0 heterocycles. The number of nitrogens with one attached hydrogen (secondary N) is 1. The molecule has 2 aromatic carbocycles. The number of rotatable bonds is 4. The first-order valence-electron chi connectivity index (χ1n) is 8.85. The molecule has 0 radical (unpaired) electrons. The maximum absolute atomic E-state index is 13.8. The van der Waals surface area contributed by atoms with Gasteiger partial charge < -0.3 is 5.32 Å². The highest BCUT2D eigenvalue weighted by Gasteiger charge is 2.32. The number of hydrogen-bond donors (Lipinski definition) is 1. The maximum atomic E-state index is 13.8. The topological polar surface area (TPSA) is 46.2 Å². The van der Waals surface area contributed by atoms with Crippen molar-refractivity contribution < 1.29 is 18.4 Å². The molecule has 0 spiro atoms. The molecular formula is C23H23F2NO2. The number of benzene rings is 2. The van der Waals surface area contributed by atoms with Gasteiger partial charge >= 0.3 is 0 Å². The highest BCUT2D eigenvalue weighted by atomic mass is 19.1. The lowest BCUT2D eigenvalue weighted by molar-refractivity contribution is 0.0793. The fourth-order valence-electron chi connectivity index (χ4n) is 2.44. The molecule has 0 atom stereocenters. The lowest BCUT2D eigenvalue weighted by Gasteiger charge is -2.25. The van der Waals surface area contributed by atoms with E-state index in [2.05, 4.69) is 17.2 Å². The molecular weight excluding hydrogens is 360 g/mol. The van der Waals surface area contributed by atoms with Gasteiger partial charge in [0, 0.05) is 16.5 Å². The smallest absolute Gasteiger partial charge is 0.258 e. The first-order chi connectivity index (χ1) is 12.9. The van der Waals surface area contributed by atoms with Gasteiger partial charge in [0.25, 0.3) is 5.91 Å². The van der Waals surface area contributed by atoms with Gasteiger partial charge in [0.15, 0.2) is 5.78 Å². The van der Waals surface area contributed by atoms with Crippen molar-refractivity contribution in [1.82, 2.24) is 5.32 Å². The Kier molecular flexibility index (Phi) is 6.04. The van der Waals surface area contributed by atoms with Crippen LogP contribution >= 0.6 is 0 Å². The molecule has 2 rings (SSSR count). The average Bonchev–Trinajstić information content (AvgIpc) is 2.58. The Balaban J connectivity index is 2.20. The Bertz CT molecular complexity index is 939. The summed E-state index contributed by atoms with van der Waals surface area (Å²) in [5.74, 6) is 2.82. The molecule has 0 fully saturated rings. The summed E-state index contributed by atoms with van der Waals surface area (Å²) < 4.78 is 27.6. The van der Waals surface area contributed by atoms with Gasteiger partial charge in [0.1, 0.15) is 17.2 Å². The first-order valence-corrected chi connectivity index (χ1v) is 8.85. The van der Waals surface area contributed by atoms with Crippen molar-refractivity contribution in [3.05, 3.63) is 70.8 Å². The molecule has 3 nitrogen and oxygen atoms in total. The van der Waals surface area contributed by atoms with Gasteiger partial charge in [0.2, 0.25) is 0 Å². The molecule has 5 heteroatoms. The van der Waals surface area contributed by atoms with Gasteiger partial charge in [-0.25, -0.2) is 8.78 Å². The van der Waals surface area contributed by atoms with Gasteiger partial charge in [-0.1, -0.05) is 30.0 Å². The SMILES string of the molecule is CC(C)(C)C#Cc1ccc(C(=O)C(C)(C)NC(=O)c2c(F)cccc2F)cc1. The van der Waals surface area contributed by atoms with E-state index in [0.29, 0.717) is 5.56 Å². The van der Waals surface area contributed by atoms with E-state index in [0.717, 1.165) is 17.7 Å². The Morgan fingerprint density at radius 3 is 1.93 bits per heavy atom. The van der Waals surface area contributed by atoms with Crippen LogP contribution in [0.25, 0.3) is 0 Å². The highest BCUT2D eigenvalue weighted by molar-refractivity contribution is 6.06. The molecule has 1 N–H and O–H groups in total. The van der Waals surface area contributed by atoms with E-state index in [1.54, 1.807) is 24.3 Å². The fraction of sp³-hybridized carbons (Fsp3) is 0.304. The summed E-state index contributed by atoms with van der Waals surface area (Å²) in [6, 6.07) is 9.83. The van der Waals surface area contributed by atoms with Crippen LogP contribution in [0.5, 0.6) is 0 Å². The van der Waals surface area contributed by atoms with E-state index >= 15 is 0 Å². The zero-order valence-corrected chi connectivity index (χ0v) is 16.6. The second-order valence-electron chi connectivity index (χ2n) is 8.08. The van der Waals surface area contributed by atoms with E-state index < -0.39 is 28.6 Å². The largest absolute Gasteiger partial charge is 0.340 e. The summed E-state index contributed by atoms with van der Waals surface area (Å²) in [6.45, 7) is 8.98. The predicted molar refractivity (Wildman–Crippen MR) is 105 cm³/mol. The van der Waals surface area contributed by atoms with Crippen LogP contribution in [0.4, 0.5) is 8.78 Å². The molecule has 28 heavy (non-hydrogen) atoms. The van der Waals surface area contributed by atoms with Crippen molar-refractivity contribution in [3.8, 4) is 11.8 Å². The second-order valence-corrected chi connectivity index (χ2v) is 8.08. The van der Waals surface area contributed by atoms with Crippen molar-refractivity contribution in [1.29, 1.82) is 0 Å². The number of carbonyl (C=O) groups excluding carboxylic acids is 2. The Morgan fingerprint density at radius 2 is 1.43 bits per heavy atom. The zero-order valence-electron chi connectivity index (χ0n) is 16.6. The number of carbonyl (C=O) groups is 2. The Hall–Kier alpha value is -3.00.